The highest BCUT2D eigenvalue weighted by atomic mass is 32.1. The summed E-state index contributed by atoms with van der Waals surface area (Å²) in [4.78, 5) is 6.95. The van der Waals surface area contributed by atoms with Gasteiger partial charge in [0.05, 0.1) is 17.8 Å². The molecule has 5 heteroatoms. The Morgan fingerprint density at radius 2 is 1.58 bits per heavy atom. The number of nitrogens with one attached hydrogen (secondary N) is 1. The van der Waals surface area contributed by atoms with Crippen LogP contribution in [0.4, 0.5) is 0 Å². The summed E-state index contributed by atoms with van der Waals surface area (Å²) in [6.45, 7) is 2.88. The van der Waals surface area contributed by atoms with Crippen LogP contribution in [0.3, 0.4) is 0 Å². The highest BCUT2D eigenvalue weighted by molar-refractivity contribution is 7.80. The van der Waals surface area contributed by atoms with E-state index in [-0.39, 0.29) is 12.1 Å². The summed E-state index contributed by atoms with van der Waals surface area (Å²) >= 11 is 5.84. The molecule has 154 valence electrons. The van der Waals surface area contributed by atoms with Gasteiger partial charge in [0.1, 0.15) is 0 Å². The van der Waals surface area contributed by atoms with Gasteiger partial charge in [-0.05, 0) is 61.1 Å². The average Bonchev–Trinajstić information content (AvgIpc) is 3.35. The van der Waals surface area contributed by atoms with Crippen LogP contribution < -0.4 is 5.32 Å². The molecule has 4 aromatic rings. The molecule has 1 aliphatic rings. The lowest BCUT2D eigenvalue weighted by atomic mass is 10.0. The molecule has 1 aliphatic heterocycles. The lowest BCUT2D eigenvalue weighted by molar-refractivity contribution is 0.302. The van der Waals surface area contributed by atoms with Gasteiger partial charge >= 0.3 is 0 Å². The number of thiocarbonyl (C=S) groups is 1. The van der Waals surface area contributed by atoms with Gasteiger partial charge in [-0.1, -0.05) is 54.6 Å². The van der Waals surface area contributed by atoms with Crippen molar-refractivity contribution in [3.63, 3.8) is 0 Å². The van der Waals surface area contributed by atoms with Gasteiger partial charge in [0.25, 0.3) is 0 Å². The van der Waals surface area contributed by atoms with Crippen LogP contribution in [-0.4, -0.2) is 19.6 Å². The number of benzene rings is 2. The van der Waals surface area contributed by atoms with Gasteiger partial charge in [0.15, 0.2) is 5.11 Å². The van der Waals surface area contributed by atoms with Crippen molar-refractivity contribution in [1.29, 1.82) is 0 Å². The summed E-state index contributed by atoms with van der Waals surface area (Å²) in [7, 11) is 0. The molecule has 0 aliphatic carbocycles. The highest BCUT2D eigenvalue weighted by Crippen LogP contribution is 2.41. The van der Waals surface area contributed by atoms with Crippen LogP contribution in [0.5, 0.6) is 0 Å². The largest absolute Gasteiger partial charge is 0.352 e. The molecule has 1 fully saturated rings. The summed E-state index contributed by atoms with van der Waals surface area (Å²) in [5.74, 6) is 0. The van der Waals surface area contributed by atoms with Crippen molar-refractivity contribution >= 4 is 17.3 Å². The number of hydrogen-bond acceptors (Lipinski definition) is 2. The minimum absolute atomic E-state index is 0.0107. The fourth-order valence-electron chi connectivity index (χ4n) is 4.40. The zero-order chi connectivity index (χ0) is 21.2. The van der Waals surface area contributed by atoms with E-state index < -0.39 is 0 Å². The van der Waals surface area contributed by atoms with E-state index in [0.717, 1.165) is 23.0 Å². The standard InChI is InChI=1S/C26H24N4S/c1-19-15-16-23(30(19)21-12-6-3-7-13-21)25-24(22-14-8-9-17-27-22)28-26(31)29(25)18-20-10-4-2-5-11-20/h2-17,24-25H,18H2,1H3,(H,28,31)/t24-,25-/m1/s1. The number of aromatic nitrogens is 2. The van der Waals surface area contributed by atoms with E-state index in [4.69, 9.17) is 12.2 Å². The van der Waals surface area contributed by atoms with Crippen molar-refractivity contribution < 1.29 is 0 Å². The Morgan fingerprint density at radius 1 is 0.871 bits per heavy atom. The van der Waals surface area contributed by atoms with E-state index in [1.807, 2.05) is 30.5 Å². The topological polar surface area (TPSA) is 33.1 Å². The van der Waals surface area contributed by atoms with Gasteiger partial charge in [-0.3, -0.25) is 4.98 Å². The minimum atomic E-state index is -0.0332. The molecule has 1 saturated heterocycles. The molecule has 2 atom stereocenters. The lowest BCUT2D eigenvalue weighted by Gasteiger charge is -2.29. The molecule has 0 radical (unpaired) electrons. The molecule has 3 heterocycles. The van der Waals surface area contributed by atoms with Crippen LogP contribution in [-0.2, 0) is 6.54 Å². The van der Waals surface area contributed by atoms with Crippen LogP contribution in [0.2, 0.25) is 0 Å². The predicted octanol–water partition coefficient (Wildman–Crippen LogP) is 5.35. The Bertz CT molecular complexity index is 1170. The first-order valence-corrected chi connectivity index (χ1v) is 10.9. The summed E-state index contributed by atoms with van der Waals surface area (Å²) in [5, 5.41) is 4.31. The third-order valence-corrected chi connectivity index (χ3v) is 6.17. The number of nitrogens with zero attached hydrogens (tertiary/aromatic N) is 3. The number of rotatable bonds is 5. The summed E-state index contributed by atoms with van der Waals surface area (Å²) in [6, 6.07) is 31.4. The molecule has 0 saturated carbocycles. The van der Waals surface area contributed by atoms with Crippen molar-refractivity contribution in [2.45, 2.75) is 25.6 Å². The van der Waals surface area contributed by atoms with E-state index in [9.17, 15) is 0 Å². The van der Waals surface area contributed by atoms with Gasteiger partial charge in [-0.2, -0.15) is 0 Å². The SMILES string of the molecule is Cc1ccc([C@@H]2[C@@H](c3ccccn3)NC(=S)N2Cc2ccccc2)n1-c1ccccc1. The zero-order valence-corrected chi connectivity index (χ0v) is 18.2. The van der Waals surface area contributed by atoms with Crippen LogP contribution in [0.25, 0.3) is 5.69 Å². The van der Waals surface area contributed by atoms with Crippen LogP contribution in [0, 0.1) is 6.92 Å². The van der Waals surface area contributed by atoms with Gasteiger partial charge in [0, 0.05) is 29.8 Å². The maximum atomic E-state index is 5.84. The predicted molar refractivity (Wildman–Crippen MR) is 128 cm³/mol. The monoisotopic (exact) mass is 424 g/mol. The van der Waals surface area contributed by atoms with Gasteiger partial charge in [-0.15, -0.1) is 0 Å². The van der Waals surface area contributed by atoms with E-state index >= 15 is 0 Å². The van der Waals surface area contributed by atoms with E-state index in [0.29, 0.717) is 0 Å². The lowest BCUT2D eigenvalue weighted by Crippen LogP contribution is -2.30. The molecular weight excluding hydrogens is 400 g/mol. The molecule has 1 N–H and O–H groups in total. The summed E-state index contributed by atoms with van der Waals surface area (Å²) < 4.78 is 2.33. The second-order valence-corrected chi connectivity index (χ2v) is 8.20. The fourth-order valence-corrected chi connectivity index (χ4v) is 4.70. The van der Waals surface area contributed by atoms with Crippen molar-refractivity contribution in [1.82, 2.24) is 19.8 Å². The number of para-hydroxylation sites is 1. The van der Waals surface area contributed by atoms with E-state index in [2.05, 4.69) is 93.4 Å². The van der Waals surface area contributed by atoms with E-state index in [1.165, 1.54) is 17.0 Å². The van der Waals surface area contributed by atoms with Crippen LogP contribution >= 0.6 is 12.2 Å². The smallest absolute Gasteiger partial charge is 0.170 e. The molecule has 0 unspecified atom stereocenters. The fraction of sp³-hybridized carbons (Fsp3) is 0.154. The molecule has 0 amide bonds. The molecule has 0 bridgehead atoms. The number of pyridine rings is 1. The van der Waals surface area contributed by atoms with Crippen molar-refractivity contribution in [2.75, 3.05) is 0 Å². The van der Waals surface area contributed by atoms with Gasteiger partial charge < -0.3 is 14.8 Å². The average molecular weight is 425 g/mol. The quantitative estimate of drug-likeness (QED) is 0.438. The Morgan fingerprint density at radius 3 is 2.29 bits per heavy atom. The molecule has 31 heavy (non-hydrogen) atoms. The molecule has 2 aromatic heterocycles. The number of hydrogen-bond donors (Lipinski definition) is 1. The molecular formula is C26H24N4S. The second kappa shape index (κ2) is 8.36. The van der Waals surface area contributed by atoms with Crippen LogP contribution in [0.1, 0.15) is 34.7 Å². The third kappa shape index (κ3) is 3.73. The molecule has 2 aromatic carbocycles. The van der Waals surface area contributed by atoms with E-state index in [1.54, 1.807) is 0 Å². The normalized spacial score (nSPS) is 18.2. The minimum Gasteiger partial charge on any atom is -0.352 e. The van der Waals surface area contributed by atoms with Crippen LogP contribution in [0.15, 0.2) is 97.2 Å². The van der Waals surface area contributed by atoms with Crippen molar-refractivity contribution in [3.8, 4) is 5.69 Å². The third-order valence-electron chi connectivity index (χ3n) is 5.82. The molecule has 5 rings (SSSR count). The first-order chi connectivity index (χ1) is 15.2. The highest BCUT2D eigenvalue weighted by Gasteiger charge is 2.41. The first-order valence-electron chi connectivity index (χ1n) is 10.5. The van der Waals surface area contributed by atoms with Gasteiger partial charge in [-0.25, -0.2) is 0 Å². The van der Waals surface area contributed by atoms with Crippen molar-refractivity contribution in [2.24, 2.45) is 0 Å². The number of aryl methyl sites for hydroxylation is 1. The van der Waals surface area contributed by atoms with Crippen molar-refractivity contribution in [3.05, 3.63) is 120 Å². The molecule has 0 spiro atoms. The second-order valence-electron chi connectivity index (χ2n) is 7.81. The Kier molecular flexibility index (Phi) is 5.26. The summed E-state index contributed by atoms with van der Waals surface area (Å²) in [6.07, 6.45) is 1.85. The summed E-state index contributed by atoms with van der Waals surface area (Å²) in [5.41, 5.74) is 5.76. The zero-order valence-electron chi connectivity index (χ0n) is 17.3. The maximum Gasteiger partial charge on any atom is 0.170 e. The van der Waals surface area contributed by atoms with Gasteiger partial charge in [0.2, 0.25) is 0 Å². The Labute approximate surface area is 188 Å². The Hall–Kier alpha value is -3.44. The first kappa shape index (κ1) is 19.5. The maximum absolute atomic E-state index is 5.84. The Balaban J connectivity index is 1.63. The molecule has 4 nitrogen and oxygen atoms in total.